The van der Waals surface area contributed by atoms with Gasteiger partial charge in [-0.1, -0.05) is 17.7 Å². The van der Waals surface area contributed by atoms with Crippen molar-refractivity contribution in [2.45, 2.75) is 70.2 Å². The number of rotatable bonds is 8. The normalized spacial score (nSPS) is 24.6. The van der Waals surface area contributed by atoms with Crippen LogP contribution < -0.4 is 0 Å². The average molecular weight is 502 g/mol. The fourth-order valence-corrected chi connectivity index (χ4v) is 4.10. The molecule has 2 rings (SSSR count). The van der Waals surface area contributed by atoms with Gasteiger partial charge in [0.25, 0.3) is 10.1 Å². The van der Waals surface area contributed by atoms with Crippen molar-refractivity contribution in [3.05, 3.63) is 29.8 Å². The Morgan fingerprint density at radius 3 is 1.74 bits per heavy atom. The lowest BCUT2D eigenvalue weighted by atomic mass is 9.98. The van der Waals surface area contributed by atoms with Gasteiger partial charge in [0.2, 0.25) is 12.4 Å². The van der Waals surface area contributed by atoms with Gasteiger partial charge in [0.05, 0.1) is 11.5 Å². The summed E-state index contributed by atoms with van der Waals surface area (Å²) in [4.78, 5) is 46.6. The zero-order valence-corrected chi connectivity index (χ0v) is 20.0. The van der Waals surface area contributed by atoms with Crippen LogP contribution in [0.4, 0.5) is 0 Å². The molecule has 1 aliphatic rings. The molecule has 12 nitrogen and oxygen atoms in total. The zero-order valence-electron chi connectivity index (χ0n) is 19.2. The largest absolute Gasteiger partial charge is 0.456 e. The van der Waals surface area contributed by atoms with Crippen molar-refractivity contribution in [1.82, 2.24) is 0 Å². The third-order valence-electron chi connectivity index (χ3n) is 4.48. The van der Waals surface area contributed by atoms with Crippen LogP contribution in [-0.2, 0) is 57.2 Å². The first-order chi connectivity index (χ1) is 15.8. The van der Waals surface area contributed by atoms with E-state index in [0.29, 0.717) is 0 Å². The van der Waals surface area contributed by atoms with Crippen LogP contribution in [0, 0.1) is 6.92 Å². The number of benzene rings is 1. The van der Waals surface area contributed by atoms with Crippen LogP contribution in [-0.4, -0.2) is 69.6 Å². The summed E-state index contributed by atoms with van der Waals surface area (Å²) < 4.78 is 56.6. The van der Waals surface area contributed by atoms with E-state index in [9.17, 15) is 27.6 Å². The molecule has 0 spiro atoms. The van der Waals surface area contributed by atoms with E-state index in [-0.39, 0.29) is 4.90 Å². The monoisotopic (exact) mass is 502 g/mol. The van der Waals surface area contributed by atoms with Crippen molar-refractivity contribution in [2.24, 2.45) is 0 Å². The van der Waals surface area contributed by atoms with Gasteiger partial charge < -0.3 is 23.7 Å². The molecular formula is C21H26O12S. The van der Waals surface area contributed by atoms with Gasteiger partial charge >= 0.3 is 23.9 Å². The number of carbonyl (C=O) groups excluding carboxylic acids is 4. The Labute approximate surface area is 196 Å². The molecule has 1 aromatic carbocycles. The first kappa shape index (κ1) is 27.2. The SMILES string of the molecule is CC(=O)OC1[C@H](OC(C)=O)OC(COS(=O)(=O)c2ccc(C)cc2)[C@@H](OC(C)=O)[C@@H]1OC(C)=O. The first-order valence-electron chi connectivity index (χ1n) is 10.1. The second-order valence-corrected chi connectivity index (χ2v) is 9.04. The minimum atomic E-state index is -4.26. The number of aryl methyl sites for hydroxylation is 1. The number of hydrogen-bond donors (Lipinski definition) is 0. The van der Waals surface area contributed by atoms with E-state index in [0.717, 1.165) is 33.3 Å². The molecule has 0 aliphatic carbocycles. The Hall–Kier alpha value is -3.03. The summed E-state index contributed by atoms with van der Waals surface area (Å²) in [5, 5.41) is 0. The molecule has 2 unspecified atom stereocenters. The minimum absolute atomic E-state index is 0.135. The van der Waals surface area contributed by atoms with Crippen molar-refractivity contribution >= 4 is 34.0 Å². The number of carbonyl (C=O) groups is 4. The average Bonchev–Trinajstić information content (AvgIpc) is 2.70. The van der Waals surface area contributed by atoms with E-state index in [2.05, 4.69) is 0 Å². The lowest BCUT2D eigenvalue weighted by molar-refractivity contribution is -0.298. The van der Waals surface area contributed by atoms with E-state index in [1.165, 1.54) is 12.1 Å². The van der Waals surface area contributed by atoms with Crippen LogP contribution >= 0.6 is 0 Å². The number of hydrogen-bond acceptors (Lipinski definition) is 12. The maximum absolute atomic E-state index is 12.6. The quantitative estimate of drug-likeness (QED) is 0.280. The Kier molecular flexibility index (Phi) is 9.13. The maximum Gasteiger partial charge on any atom is 0.305 e. The molecule has 1 heterocycles. The predicted molar refractivity (Wildman–Crippen MR) is 111 cm³/mol. The Bertz CT molecular complexity index is 1020. The second-order valence-electron chi connectivity index (χ2n) is 7.43. The van der Waals surface area contributed by atoms with Crippen molar-refractivity contribution in [3.8, 4) is 0 Å². The molecule has 1 aliphatic heterocycles. The fourth-order valence-electron chi connectivity index (χ4n) is 3.18. The number of esters is 4. The highest BCUT2D eigenvalue weighted by Crippen LogP contribution is 2.30. The molecule has 0 saturated carbocycles. The smallest absolute Gasteiger partial charge is 0.305 e. The van der Waals surface area contributed by atoms with E-state index in [1.54, 1.807) is 19.1 Å². The van der Waals surface area contributed by atoms with E-state index >= 15 is 0 Å². The standard InChI is InChI=1S/C21H26O12S/c1-11-6-8-16(9-7-11)34(26,27)28-10-17-18(29-12(2)22)19(30-13(3)23)20(31-14(4)24)21(33-17)32-15(5)25/h6-9,17-21H,10H2,1-5H3/t17?,18-,19+,20?,21-/m1/s1. The minimum Gasteiger partial charge on any atom is -0.456 e. The van der Waals surface area contributed by atoms with Gasteiger partial charge in [0.15, 0.2) is 12.2 Å². The summed E-state index contributed by atoms with van der Waals surface area (Å²) in [5.41, 5.74) is 0.828. The van der Waals surface area contributed by atoms with Crippen molar-refractivity contribution in [3.63, 3.8) is 0 Å². The molecule has 1 fully saturated rings. The lowest BCUT2D eigenvalue weighted by Crippen LogP contribution is -2.63. The third-order valence-corrected chi connectivity index (χ3v) is 5.77. The van der Waals surface area contributed by atoms with Gasteiger partial charge in [-0.05, 0) is 19.1 Å². The summed E-state index contributed by atoms with van der Waals surface area (Å²) in [6.07, 6.45) is -7.50. The highest BCUT2D eigenvalue weighted by molar-refractivity contribution is 7.86. The molecule has 5 atom stereocenters. The van der Waals surface area contributed by atoms with Crippen molar-refractivity contribution < 1.29 is 55.5 Å². The van der Waals surface area contributed by atoms with Gasteiger partial charge in [0, 0.05) is 27.7 Å². The van der Waals surface area contributed by atoms with Gasteiger partial charge in [-0.25, -0.2) is 0 Å². The molecule has 13 heteroatoms. The van der Waals surface area contributed by atoms with Crippen LogP contribution in [0.1, 0.15) is 33.3 Å². The molecule has 0 radical (unpaired) electrons. The van der Waals surface area contributed by atoms with E-state index in [4.69, 9.17) is 27.9 Å². The summed E-state index contributed by atoms with van der Waals surface area (Å²) in [6.45, 7) is 5.29. The Balaban J connectivity index is 2.40. The topological polar surface area (TPSA) is 158 Å². The van der Waals surface area contributed by atoms with Crippen molar-refractivity contribution in [2.75, 3.05) is 6.61 Å². The van der Waals surface area contributed by atoms with Crippen LogP contribution in [0.3, 0.4) is 0 Å². The molecule has 34 heavy (non-hydrogen) atoms. The number of ether oxygens (including phenoxy) is 5. The van der Waals surface area contributed by atoms with E-state index in [1.807, 2.05) is 0 Å². The van der Waals surface area contributed by atoms with Crippen LogP contribution in [0.25, 0.3) is 0 Å². The van der Waals surface area contributed by atoms with E-state index < -0.39 is 71.3 Å². The van der Waals surface area contributed by atoms with Gasteiger partial charge in [-0.15, -0.1) is 0 Å². The molecule has 1 aromatic rings. The molecule has 0 N–H and O–H groups in total. The summed E-state index contributed by atoms with van der Waals surface area (Å²) in [5.74, 6) is -3.33. The van der Waals surface area contributed by atoms with Crippen LogP contribution in [0.5, 0.6) is 0 Å². The Morgan fingerprint density at radius 1 is 0.765 bits per heavy atom. The van der Waals surface area contributed by atoms with Gasteiger partial charge in [-0.3, -0.25) is 23.4 Å². The second kappa shape index (κ2) is 11.4. The summed E-state index contributed by atoms with van der Waals surface area (Å²) >= 11 is 0. The van der Waals surface area contributed by atoms with Gasteiger partial charge in [-0.2, -0.15) is 8.42 Å². The highest BCUT2D eigenvalue weighted by atomic mass is 32.2. The van der Waals surface area contributed by atoms with Crippen molar-refractivity contribution in [1.29, 1.82) is 0 Å². The van der Waals surface area contributed by atoms with Gasteiger partial charge in [0.1, 0.15) is 6.10 Å². The molecule has 0 bridgehead atoms. The highest BCUT2D eigenvalue weighted by Gasteiger charge is 2.53. The summed E-state index contributed by atoms with van der Waals surface area (Å²) in [7, 11) is -4.26. The molecule has 0 aromatic heterocycles. The van der Waals surface area contributed by atoms with Crippen LogP contribution in [0.15, 0.2) is 29.2 Å². The summed E-state index contributed by atoms with van der Waals surface area (Å²) in [6, 6.07) is 5.84. The predicted octanol–water partition coefficient (Wildman–Crippen LogP) is 0.783. The molecule has 1 saturated heterocycles. The molecule has 188 valence electrons. The fraction of sp³-hybridized carbons (Fsp3) is 0.524. The molecular weight excluding hydrogens is 476 g/mol. The third kappa shape index (κ3) is 7.50. The first-order valence-corrected chi connectivity index (χ1v) is 11.5. The lowest BCUT2D eigenvalue weighted by Gasteiger charge is -2.43. The maximum atomic E-state index is 12.6. The Morgan fingerprint density at radius 2 is 1.24 bits per heavy atom. The van der Waals surface area contributed by atoms with Crippen LogP contribution in [0.2, 0.25) is 0 Å². The molecule has 0 amide bonds. The zero-order chi connectivity index (χ0) is 25.6.